The molecule has 0 aliphatic rings. The number of ether oxygens (including phenoxy) is 3. The maximum absolute atomic E-state index is 12.7. The summed E-state index contributed by atoms with van der Waals surface area (Å²) in [5.74, 6) is -0.863. The van der Waals surface area contributed by atoms with Gasteiger partial charge in [0.1, 0.15) is 13.2 Å². The Morgan fingerprint density at radius 1 is 0.328 bits per heavy atom. The van der Waals surface area contributed by atoms with Crippen LogP contribution in [0.5, 0.6) is 0 Å². The highest BCUT2D eigenvalue weighted by molar-refractivity contribution is 5.71. The lowest BCUT2D eigenvalue weighted by molar-refractivity contribution is -0.167. The summed E-state index contributed by atoms with van der Waals surface area (Å²) < 4.78 is 16.8. The van der Waals surface area contributed by atoms with Crippen molar-refractivity contribution in [3.8, 4) is 0 Å². The zero-order valence-electron chi connectivity index (χ0n) is 39.1. The van der Waals surface area contributed by atoms with Crippen LogP contribution in [-0.2, 0) is 28.6 Å². The second kappa shape index (κ2) is 47.8. The Morgan fingerprint density at radius 3 is 0.931 bits per heavy atom. The second-order valence-electron chi connectivity index (χ2n) is 17.4. The Kier molecular flexibility index (Phi) is 46.3. The molecule has 6 heteroatoms. The molecule has 0 spiro atoms. The quantitative estimate of drug-likeness (QED) is 0.0263. The number of hydrogen-bond acceptors (Lipinski definition) is 6. The first-order valence-electron chi connectivity index (χ1n) is 25.7. The summed E-state index contributed by atoms with van der Waals surface area (Å²) in [5.41, 5.74) is 0. The van der Waals surface area contributed by atoms with E-state index >= 15 is 0 Å². The molecule has 1 unspecified atom stereocenters. The number of rotatable bonds is 47. The van der Waals surface area contributed by atoms with Crippen LogP contribution in [0.3, 0.4) is 0 Å². The molecule has 58 heavy (non-hydrogen) atoms. The predicted molar refractivity (Wildman–Crippen MR) is 247 cm³/mol. The van der Waals surface area contributed by atoms with Gasteiger partial charge in [0.15, 0.2) is 6.10 Å². The fourth-order valence-electron chi connectivity index (χ4n) is 7.62. The molecule has 0 rings (SSSR count). The smallest absolute Gasteiger partial charge is 0.306 e. The van der Waals surface area contributed by atoms with Crippen LogP contribution in [0.2, 0.25) is 0 Å². The van der Waals surface area contributed by atoms with Gasteiger partial charge in [0.2, 0.25) is 0 Å². The van der Waals surface area contributed by atoms with Crippen LogP contribution in [0.4, 0.5) is 0 Å². The lowest BCUT2D eigenvalue weighted by Gasteiger charge is -2.18. The van der Waals surface area contributed by atoms with E-state index in [-0.39, 0.29) is 31.1 Å². The molecule has 342 valence electrons. The number of esters is 3. The average Bonchev–Trinajstić information content (AvgIpc) is 3.22. The van der Waals surface area contributed by atoms with Gasteiger partial charge in [-0.05, 0) is 38.5 Å². The summed E-state index contributed by atoms with van der Waals surface area (Å²) in [4.78, 5) is 37.8. The highest BCUT2D eigenvalue weighted by Gasteiger charge is 2.19. The van der Waals surface area contributed by atoms with Crippen LogP contribution >= 0.6 is 0 Å². The van der Waals surface area contributed by atoms with Crippen LogP contribution in [0.15, 0.2) is 12.2 Å². The van der Waals surface area contributed by atoms with Crippen molar-refractivity contribution >= 4 is 17.9 Å². The van der Waals surface area contributed by atoms with E-state index in [1.807, 2.05) is 0 Å². The highest BCUT2D eigenvalue weighted by atomic mass is 16.6. The molecular formula is C52H98O6. The molecule has 0 aliphatic carbocycles. The molecule has 0 heterocycles. The van der Waals surface area contributed by atoms with E-state index in [0.717, 1.165) is 70.6 Å². The van der Waals surface area contributed by atoms with Crippen molar-refractivity contribution in [3.05, 3.63) is 12.2 Å². The summed E-state index contributed by atoms with van der Waals surface area (Å²) in [6.45, 7) is 6.60. The largest absolute Gasteiger partial charge is 0.462 e. The minimum Gasteiger partial charge on any atom is -0.462 e. The van der Waals surface area contributed by atoms with Gasteiger partial charge in [-0.15, -0.1) is 0 Å². The number of hydrogen-bond donors (Lipinski definition) is 0. The monoisotopic (exact) mass is 819 g/mol. The van der Waals surface area contributed by atoms with E-state index < -0.39 is 6.10 Å². The molecule has 0 fully saturated rings. The lowest BCUT2D eigenvalue weighted by Crippen LogP contribution is -2.30. The Hall–Kier alpha value is -1.85. The number of carbonyl (C=O) groups excluding carboxylic acids is 3. The first-order chi connectivity index (χ1) is 28.5. The van der Waals surface area contributed by atoms with Gasteiger partial charge in [-0.1, -0.05) is 238 Å². The summed E-state index contributed by atoms with van der Waals surface area (Å²) in [7, 11) is 0. The zero-order chi connectivity index (χ0) is 42.3. The maximum atomic E-state index is 12.7. The van der Waals surface area contributed by atoms with Crippen molar-refractivity contribution in [1.29, 1.82) is 0 Å². The van der Waals surface area contributed by atoms with E-state index in [1.165, 1.54) is 173 Å². The van der Waals surface area contributed by atoms with Crippen LogP contribution in [0, 0.1) is 0 Å². The van der Waals surface area contributed by atoms with Gasteiger partial charge in [-0.3, -0.25) is 14.4 Å². The fraction of sp³-hybridized carbons (Fsp3) is 0.904. The standard InChI is InChI=1S/C52H98O6/c1-4-7-10-13-16-19-22-24-25-26-27-28-29-31-33-36-39-42-45-51(54)57-48-49(47-56-50(53)44-41-38-35-32-21-18-15-12-9-6-3)58-52(55)46-43-40-37-34-30-23-20-17-14-11-8-5-2/h12,15,49H,4-11,13-14,16-48H2,1-3H3/b15-12-. The average molecular weight is 819 g/mol. The van der Waals surface area contributed by atoms with Crippen LogP contribution in [0.25, 0.3) is 0 Å². The summed E-state index contributed by atoms with van der Waals surface area (Å²) >= 11 is 0. The number of allylic oxidation sites excluding steroid dienone is 2. The first-order valence-corrected chi connectivity index (χ1v) is 25.7. The molecule has 0 saturated heterocycles. The fourth-order valence-corrected chi connectivity index (χ4v) is 7.62. The van der Waals surface area contributed by atoms with Crippen molar-refractivity contribution in [2.75, 3.05) is 13.2 Å². The highest BCUT2D eigenvalue weighted by Crippen LogP contribution is 2.16. The van der Waals surface area contributed by atoms with Crippen LogP contribution in [-0.4, -0.2) is 37.2 Å². The zero-order valence-corrected chi connectivity index (χ0v) is 39.1. The normalized spacial score (nSPS) is 12.0. The Morgan fingerprint density at radius 2 is 0.603 bits per heavy atom. The third kappa shape index (κ3) is 45.2. The van der Waals surface area contributed by atoms with Crippen molar-refractivity contribution in [2.45, 2.75) is 290 Å². The van der Waals surface area contributed by atoms with Crippen molar-refractivity contribution in [1.82, 2.24) is 0 Å². The van der Waals surface area contributed by atoms with E-state index in [9.17, 15) is 14.4 Å². The predicted octanol–water partition coefficient (Wildman–Crippen LogP) is 16.6. The third-order valence-corrected chi connectivity index (χ3v) is 11.5. The summed E-state index contributed by atoms with van der Waals surface area (Å²) in [6, 6.07) is 0. The van der Waals surface area contributed by atoms with E-state index in [0.29, 0.717) is 19.3 Å². The van der Waals surface area contributed by atoms with Gasteiger partial charge in [-0.25, -0.2) is 0 Å². The molecule has 0 aromatic rings. The lowest BCUT2D eigenvalue weighted by atomic mass is 10.0. The molecule has 0 amide bonds. The molecule has 0 N–H and O–H groups in total. The molecule has 6 nitrogen and oxygen atoms in total. The van der Waals surface area contributed by atoms with Crippen molar-refractivity contribution in [2.24, 2.45) is 0 Å². The molecule has 0 aliphatic heterocycles. The van der Waals surface area contributed by atoms with Crippen LogP contribution in [0.1, 0.15) is 284 Å². The minimum absolute atomic E-state index is 0.0674. The Balaban J connectivity index is 4.25. The van der Waals surface area contributed by atoms with Gasteiger partial charge in [0.25, 0.3) is 0 Å². The number of unbranched alkanes of at least 4 members (excludes halogenated alkanes) is 34. The molecule has 0 bridgehead atoms. The van der Waals surface area contributed by atoms with E-state index in [4.69, 9.17) is 14.2 Å². The summed E-state index contributed by atoms with van der Waals surface area (Å²) in [5, 5.41) is 0. The van der Waals surface area contributed by atoms with Crippen molar-refractivity contribution < 1.29 is 28.6 Å². The SMILES string of the molecule is CCC/C=C\CCCCCCCC(=O)OCC(COC(=O)CCCCCCCCCCCCCCCCCCCC)OC(=O)CCCCCCCCCCCCCC. The molecule has 0 radical (unpaired) electrons. The van der Waals surface area contributed by atoms with Gasteiger partial charge in [-0.2, -0.15) is 0 Å². The van der Waals surface area contributed by atoms with Gasteiger partial charge in [0.05, 0.1) is 0 Å². The van der Waals surface area contributed by atoms with Crippen LogP contribution < -0.4 is 0 Å². The summed E-state index contributed by atoms with van der Waals surface area (Å²) in [6.07, 6.45) is 52.0. The minimum atomic E-state index is -0.765. The Bertz CT molecular complexity index is 900. The van der Waals surface area contributed by atoms with Crippen molar-refractivity contribution in [3.63, 3.8) is 0 Å². The molecule has 1 atom stereocenters. The topological polar surface area (TPSA) is 78.9 Å². The van der Waals surface area contributed by atoms with Gasteiger partial charge >= 0.3 is 17.9 Å². The molecule has 0 aromatic heterocycles. The van der Waals surface area contributed by atoms with E-state index in [1.54, 1.807) is 0 Å². The maximum Gasteiger partial charge on any atom is 0.306 e. The molecule has 0 aromatic carbocycles. The third-order valence-electron chi connectivity index (χ3n) is 11.5. The first kappa shape index (κ1) is 56.1. The second-order valence-corrected chi connectivity index (χ2v) is 17.4. The molecular weight excluding hydrogens is 721 g/mol. The Labute approximate surface area is 360 Å². The van der Waals surface area contributed by atoms with Gasteiger partial charge in [0, 0.05) is 19.3 Å². The molecule has 0 saturated carbocycles. The van der Waals surface area contributed by atoms with E-state index in [2.05, 4.69) is 32.9 Å². The van der Waals surface area contributed by atoms with Gasteiger partial charge < -0.3 is 14.2 Å². The number of carbonyl (C=O) groups is 3.